The maximum Gasteiger partial charge on any atom is 0.308 e. The summed E-state index contributed by atoms with van der Waals surface area (Å²) in [5, 5.41) is 0.204. The Morgan fingerprint density at radius 3 is 2.39 bits per heavy atom. The van der Waals surface area contributed by atoms with Gasteiger partial charge in [0, 0.05) is 18.3 Å². The molecule has 1 fully saturated rings. The highest BCUT2D eigenvalue weighted by Crippen LogP contribution is 2.31. The van der Waals surface area contributed by atoms with Gasteiger partial charge in [-0.1, -0.05) is 18.2 Å². The lowest BCUT2D eigenvalue weighted by molar-refractivity contribution is -0.295. The van der Waals surface area contributed by atoms with Crippen molar-refractivity contribution in [2.45, 2.75) is 76.1 Å². The summed E-state index contributed by atoms with van der Waals surface area (Å²) in [6, 6.07) is 12.6. The quantitative estimate of drug-likeness (QED) is 0.622. The van der Waals surface area contributed by atoms with Crippen molar-refractivity contribution in [1.29, 1.82) is 0 Å². The van der Waals surface area contributed by atoms with Crippen LogP contribution in [-0.4, -0.2) is 48.3 Å². The molecular weight excluding hydrogens is 418 g/mol. The number of sulfone groups is 1. The van der Waals surface area contributed by atoms with Gasteiger partial charge in [0.25, 0.3) is 0 Å². The molecular formula is C23H31NO6S. The molecule has 1 saturated heterocycles. The van der Waals surface area contributed by atoms with Crippen LogP contribution in [0, 0.1) is 0 Å². The topological polar surface area (TPSA) is 83.8 Å². The lowest BCUT2D eigenvalue weighted by Gasteiger charge is -2.40. The highest BCUT2D eigenvalue weighted by atomic mass is 32.2. The van der Waals surface area contributed by atoms with Crippen molar-refractivity contribution in [2.75, 3.05) is 5.75 Å². The first-order valence-electron chi connectivity index (χ1n) is 10.4. The molecule has 1 aromatic carbocycles. The third kappa shape index (κ3) is 6.41. The van der Waals surface area contributed by atoms with Crippen molar-refractivity contribution in [3.63, 3.8) is 0 Å². The molecule has 7 nitrogen and oxygen atoms in total. The Morgan fingerprint density at radius 1 is 1.10 bits per heavy atom. The van der Waals surface area contributed by atoms with E-state index in [-0.39, 0.29) is 29.6 Å². The molecule has 0 unspecified atom stereocenters. The van der Waals surface area contributed by atoms with Crippen LogP contribution in [0.3, 0.4) is 0 Å². The molecule has 8 heteroatoms. The summed E-state index contributed by atoms with van der Waals surface area (Å²) in [6.07, 6.45) is 0.956. The number of aromatic nitrogens is 1. The fourth-order valence-electron chi connectivity index (χ4n) is 3.77. The van der Waals surface area contributed by atoms with E-state index in [1.54, 1.807) is 57.5 Å². The molecule has 0 bridgehead atoms. The fraction of sp³-hybridized carbons (Fsp3) is 0.522. The van der Waals surface area contributed by atoms with Crippen molar-refractivity contribution < 1.29 is 27.4 Å². The summed E-state index contributed by atoms with van der Waals surface area (Å²) in [7, 11) is -3.66. The number of esters is 1. The average molecular weight is 450 g/mol. The average Bonchev–Trinajstić information content (AvgIpc) is 3.09. The van der Waals surface area contributed by atoms with Gasteiger partial charge in [0.15, 0.2) is 15.6 Å². The van der Waals surface area contributed by atoms with E-state index in [4.69, 9.17) is 14.2 Å². The van der Waals surface area contributed by atoms with Gasteiger partial charge in [-0.25, -0.2) is 8.42 Å². The Balaban J connectivity index is 1.75. The zero-order valence-corrected chi connectivity index (χ0v) is 19.5. The minimum absolute atomic E-state index is 0.0427. The lowest BCUT2D eigenvalue weighted by atomic mass is 10.1. The van der Waals surface area contributed by atoms with Gasteiger partial charge in [-0.05, 0) is 58.9 Å². The maximum absolute atomic E-state index is 13.2. The van der Waals surface area contributed by atoms with E-state index in [2.05, 4.69) is 0 Å². The summed E-state index contributed by atoms with van der Waals surface area (Å²) in [4.78, 5) is 12.3. The van der Waals surface area contributed by atoms with Crippen LogP contribution >= 0.6 is 0 Å². The Bertz CT molecular complexity index is 1000. The molecule has 2 aromatic rings. The van der Waals surface area contributed by atoms with E-state index < -0.39 is 33.4 Å². The third-order valence-corrected chi connectivity index (χ3v) is 6.49. The molecule has 2 heterocycles. The Morgan fingerprint density at radius 2 is 1.74 bits per heavy atom. The Labute approximate surface area is 184 Å². The summed E-state index contributed by atoms with van der Waals surface area (Å²) in [5.41, 5.74) is 0.172. The number of nitrogens with zero attached hydrogens (tertiary/aromatic N) is 1. The number of carbonyl (C=O) groups is 1. The maximum atomic E-state index is 13.2. The molecule has 0 radical (unpaired) electrons. The largest absolute Gasteiger partial charge is 0.460 e. The Kier molecular flexibility index (Phi) is 6.64. The van der Waals surface area contributed by atoms with Gasteiger partial charge in [-0.15, -0.1) is 0 Å². The number of ether oxygens (including phenoxy) is 3. The molecule has 0 N–H and O–H groups in total. The first-order chi connectivity index (χ1) is 14.3. The van der Waals surface area contributed by atoms with E-state index in [1.807, 2.05) is 30.3 Å². The van der Waals surface area contributed by atoms with Crippen molar-refractivity contribution >= 4 is 15.8 Å². The molecule has 1 aliphatic rings. The SMILES string of the molecule is CC(C)(C)OC(=O)C[C@H]1C[C@@H](CS(=O)(=O)c2cccn2-c2ccccc2)OC(C)(C)O1. The lowest BCUT2D eigenvalue weighted by Crippen LogP contribution is -2.47. The third-order valence-electron chi connectivity index (χ3n) is 4.71. The van der Waals surface area contributed by atoms with E-state index in [0.29, 0.717) is 0 Å². The molecule has 0 saturated carbocycles. The number of hydrogen-bond donors (Lipinski definition) is 0. The van der Waals surface area contributed by atoms with Crippen LogP contribution in [0.15, 0.2) is 53.7 Å². The number of rotatable bonds is 6. The van der Waals surface area contributed by atoms with E-state index in [9.17, 15) is 13.2 Å². The molecule has 1 aromatic heterocycles. The zero-order valence-electron chi connectivity index (χ0n) is 18.7. The molecule has 170 valence electrons. The molecule has 0 spiro atoms. The molecule has 31 heavy (non-hydrogen) atoms. The van der Waals surface area contributed by atoms with E-state index >= 15 is 0 Å². The van der Waals surface area contributed by atoms with Gasteiger partial charge >= 0.3 is 5.97 Å². The van der Waals surface area contributed by atoms with Crippen molar-refractivity contribution in [3.05, 3.63) is 48.7 Å². The summed E-state index contributed by atoms with van der Waals surface area (Å²) < 4.78 is 45.3. The first kappa shape index (κ1) is 23.5. The summed E-state index contributed by atoms with van der Waals surface area (Å²) in [6.45, 7) is 8.85. The predicted octanol–water partition coefficient (Wildman–Crippen LogP) is 3.89. The second kappa shape index (κ2) is 8.76. The van der Waals surface area contributed by atoms with Crippen LogP contribution in [0.25, 0.3) is 5.69 Å². The summed E-state index contributed by atoms with van der Waals surface area (Å²) >= 11 is 0. The van der Waals surface area contributed by atoms with Gasteiger partial charge < -0.3 is 18.8 Å². The van der Waals surface area contributed by atoms with Crippen LogP contribution in [0.4, 0.5) is 0 Å². The predicted molar refractivity (Wildman–Crippen MR) is 117 cm³/mol. The molecule has 1 aliphatic heterocycles. The van der Waals surface area contributed by atoms with E-state index in [1.165, 1.54) is 0 Å². The highest BCUT2D eigenvalue weighted by molar-refractivity contribution is 7.91. The fourth-order valence-corrected chi connectivity index (χ4v) is 5.38. The van der Waals surface area contributed by atoms with Crippen molar-refractivity contribution in [1.82, 2.24) is 4.57 Å². The van der Waals surface area contributed by atoms with Gasteiger partial charge in [0.2, 0.25) is 0 Å². The van der Waals surface area contributed by atoms with Crippen LogP contribution < -0.4 is 0 Å². The first-order valence-corrected chi connectivity index (χ1v) is 12.0. The minimum Gasteiger partial charge on any atom is -0.460 e. The monoisotopic (exact) mass is 449 g/mol. The second-order valence-electron chi connectivity index (χ2n) is 9.24. The summed E-state index contributed by atoms with van der Waals surface area (Å²) in [5.74, 6) is -1.59. The number of hydrogen-bond acceptors (Lipinski definition) is 6. The van der Waals surface area contributed by atoms with Gasteiger partial charge in [0.1, 0.15) is 10.6 Å². The molecule has 0 amide bonds. The standard InChI is InChI=1S/C23H31NO6S/c1-22(2,3)30-21(25)15-18-14-19(29-23(4,5)28-18)16-31(26,27)20-12-9-13-24(20)17-10-7-6-8-11-17/h6-13,18-19H,14-16H2,1-5H3/t18-,19+/m1/s1. The van der Waals surface area contributed by atoms with Crippen LogP contribution in [0.1, 0.15) is 47.5 Å². The molecule has 0 aliphatic carbocycles. The van der Waals surface area contributed by atoms with Gasteiger partial charge in [-0.2, -0.15) is 0 Å². The van der Waals surface area contributed by atoms with Gasteiger partial charge in [0.05, 0.1) is 24.4 Å². The number of para-hydroxylation sites is 1. The molecule has 3 rings (SSSR count). The smallest absolute Gasteiger partial charge is 0.308 e. The second-order valence-corrected chi connectivity index (χ2v) is 11.2. The number of carbonyl (C=O) groups excluding carboxylic acids is 1. The normalized spacial score (nSPS) is 21.6. The Hall–Kier alpha value is -2.16. The number of benzene rings is 1. The minimum atomic E-state index is -3.66. The van der Waals surface area contributed by atoms with Crippen LogP contribution in [0.2, 0.25) is 0 Å². The zero-order chi connectivity index (χ0) is 22.9. The van der Waals surface area contributed by atoms with Crippen molar-refractivity contribution in [3.8, 4) is 5.69 Å². The van der Waals surface area contributed by atoms with E-state index in [0.717, 1.165) is 5.69 Å². The van der Waals surface area contributed by atoms with Gasteiger partial charge in [-0.3, -0.25) is 4.79 Å². The van der Waals surface area contributed by atoms with Crippen LogP contribution in [0.5, 0.6) is 0 Å². The highest BCUT2D eigenvalue weighted by Gasteiger charge is 2.39. The van der Waals surface area contributed by atoms with Crippen molar-refractivity contribution in [2.24, 2.45) is 0 Å². The molecule has 2 atom stereocenters. The van der Waals surface area contributed by atoms with Crippen LogP contribution in [-0.2, 0) is 28.8 Å².